The molecule has 100 valence electrons. The lowest BCUT2D eigenvalue weighted by Crippen LogP contribution is -2.37. The summed E-state index contributed by atoms with van der Waals surface area (Å²) in [5, 5.41) is 11.4. The molecule has 19 heavy (non-hydrogen) atoms. The largest absolute Gasteiger partial charge is 0.445 e. The lowest BCUT2D eigenvalue weighted by Gasteiger charge is -2.13. The van der Waals surface area contributed by atoms with Crippen LogP contribution in [0.3, 0.4) is 0 Å². The number of carbonyl (C=O) groups excluding carboxylic acids is 1. The van der Waals surface area contributed by atoms with Crippen LogP contribution in [0.25, 0.3) is 0 Å². The van der Waals surface area contributed by atoms with Crippen molar-refractivity contribution in [2.45, 2.75) is 19.1 Å². The van der Waals surface area contributed by atoms with E-state index < -0.39 is 6.09 Å². The number of amides is 1. The molecule has 0 bridgehead atoms. The zero-order valence-corrected chi connectivity index (χ0v) is 10.7. The van der Waals surface area contributed by atoms with Gasteiger partial charge in [-0.1, -0.05) is 30.3 Å². The molecule has 0 spiro atoms. The zero-order chi connectivity index (χ0) is 13.5. The van der Waals surface area contributed by atoms with Gasteiger partial charge in [-0.15, -0.1) is 0 Å². The van der Waals surface area contributed by atoms with Crippen LogP contribution in [0, 0.1) is 11.3 Å². The van der Waals surface area contributed by atoms with Crippen molar-refractivity contribution < 1.29 is 9.53 Å². The van der Waals surface area contributed by atoms with Gasteiger partial charge in [0.1, 0.15) is 6.61 Å². The van der Waals surface area contributed by atoms with E-state index in [1.165, 1.54) is 0 Å². The molecule has 2 rings (SSSR count). The molecule has 1 aliphatic rings. The first-order valence-electron chi connectivity index (χ1n) is 6.34. The Hall–Kier alpha value is -2.06. The highest BCUT2D eigenvalue weighted by Gasteiger charge is 2.23. The fourth-order valence-electron chi connectivity index (χ4n) is 2.13. The number of hydrogen-bond acceptors (Lipinski definition) is 4. The van der Waals surface area contributed by atoms with Gasteiger partial charge >= 0.3 is 6.09 Å². The number of nitrogens with zero attached hydrogens (tertiary/aromatic N) is 2. The number of nitriles is 1. The molecule has 0 aliphatic carbocycles. The van der Waals surface area contributed by atoms with Crippen molar-refractivity contribution in [2.75, 3.05) is 19.6 Å². The second kappa shape index (κ2) is 6.76. The van der Waals surface area contributed by atoms with Crippen molar-refractivity contribution in [3.63, 3.8) is 0 Å². The maximum absolute atomic E-state index is 11.6. The van der Waals surface area contributed by atoms with E-state index in [1.54, 1.807) is 0 Å². The average molecular weight is 259 g/mol. The van der Waals surface area contributed by atoms with Gasteiger partial charge in [0.25, 0.3) is 0 Å². The summed E-state index contributed by atoms with van der Waals surface area (Å²) in [6.45, 7) is 2.25. The van der Waals surface area contributed by atoms with E-state index in [0.29, 0.717) is 13.1 Å². The third kappa shape index (κ3) is 4.27. The lowest BCUT2D eigenvalue weighted by atomic mass is 10.2. The molecule has 1 atom stereocenters. The first kappa shape index (κ1) is 13.4. The molecule has 5 heteroatoms. The Morgan fingerprint density at radius 3 is 3.00 bits per heavy atom. The number of ether oxygens (including phenoxy) is 1. The van der Waals surface area contributed by atoms with Gasteiger partial charge in [-0.2, -0.15) is 5.26 Å². The topological polar surface area (TPSA) is 65.4 Å². The summed E-state index contributed by atoms with van der Waals surface area (Å²) in [5.74, 6) is 0. The normalized spacial score (nSPS) is 18.8. The Kier molecular flexibility index (Phi) is 4.76. The van der Waals surface area contributed by atoms with Crippen molar-refractivity contribution >= 4 is 6.09 Å². The number of benzene rings is 1. The summed E-state index contributed by atoms with van der Waals surface area (Å²) in [6.07, 6.45) is 0.468. The van der Waals surface area contributed by atoms with Crippen LogP contribution < -0.4 is 5.32 Å². The molecule has 0 aromatic heterocycles. The second-order valence-electron chi connectivity index (χ2n) is 4.58. The Morgan fingerprint density at radius 1 is 1.47 bits per heavy atom. The van der Waals surface area contributed by atoms with Crippen LogP contribution >= 0.6 is 0 Å². The number of rotatable bonds is 4. The van der Waals surface area contributed by atoms with Gasteiger partial charge in [-0.3, -0.25) is 4.90 Å². The molecule has 1 amide bonds. The van der Waals surface area contributed by atoms with E-state index in [0.717, 1.165) is 18.5 Å². The summed E-state index contributed by atoms with van der Waals surface area (Å²) in [4.78, 5) is 13.6. The van der Waals surface area contributed by atoms with E-state index in [1.807, 2.05) is 35.2 Å². The zero-order valence-electron chi connectivity index (χ0n) is 10.7. The lowest BCUT2D eigenvalue weighted by molar-refractivity contribution is 0.136. The Balaban J connectivity index is 1.69. The molecule has 1 heterocycles. The molecule has 0 unspecified atom stereocenters. The molecule has 1 saturated heterocycles. The van der Waals surface area contributed by atoms with E-state index in [9.17, 15) is 4.79 Å². The van der Waals surface area contributed by atoms with E-state index >= 15 is 0 Å². The summed E-state index contributed by atoms with van der Waals surface area (Å²) in [5.41, 5.74) is 0.968. The fourth-order valence-corrected chi connectivity index (χ4v) is 2.13. The van der Waals surface area contributed by atoms with Crippen molar-refractivity contribution in [3.8, 4) is 6.07 Å². The van der Waals surface area contributed by atoms with Crippen molar-refractivity contribution in [1.29, 1.82) is 5.26 Å². The number of hydrogen-bond donors (Lipinski definition) is 1. The third-order valence-electron chi connectivity index (χ3n) is 3.10. The predicted octanol–water partition coefficient (Wildman–Crippen LogP) is 1.51. The minimum Gasteiger partial charge on any atom is -0.445 e. The predicted molar refractivity (Wildman–Crippen MR) is 70.2 cm³/mol. The maximum atomic E-state index is 11.6. The van der Waals surface area contributed by atoms with Crippen molar-refractivity contribution in [3.05, 3.63) is 35.9 Å². The van der Waals surface area contributed by atoms with Gasteiger partial charge in [0, 0.05) is 19.1 Å². The molecule has 1 fully saturated rings. The first-order valence-corrected chi connectivity index (χ1v) is 6.34. The summed E-state index contributed by atoms with van der Waals surface area (Å²) in [7, 11) is 0. The van der Waals surface area contributed by atoms with Crippen LogP contribution in [-0.4, -0.2) is 36.7 Å². The maximum Gasteiger partial charge on any atom is 0.407 e. The fraction of sp³-hybridized carbons (Fsp3) is 0.429. The molecule has 0 saturated carbocycles. The highest BCUT2D eigenvalue weighted by molar-refractivity contribution is 5.67. The highest BCUT2D eigenvalue weighted by Crippen LogP contribution is 2.08. The molecule has 1 aliphatic heterocycles. The molecule has 0 radical (unpaired) electrons. The Morgan fingerprint density at radius 2 is 2.26 bits per heavy atom. The van der Waals surface area contributed by atoms with Crippen LogP contribution in [0.1, 0.15) is 12.0 Å². The van der Waals surface area contributed by atoms with Gasteiger partial charge in [-0.05, 0) is 12.0 Å². The van der Waals surface area contributed by atoms with Crippen molar-refractivity contribution in [2.24, 2.45) is 0 Å². The van der Waals surface area contributed by atoms with Crippen LogP contribution in [0.15, 0.2) is 30.3 Å². The highest BCUT2D eigenvalue weighted by atomic mass is 16.5. The number of nitrogens with one attached hydrogen (secondary N) is 1. The number of alkyl carbamates (subject to hydrolysis) is 1. The third-order valence-corrected chi connectivity index (χ3v) is 3.10. The Labute approximate surface area is 112 Å². The van der Waals surface area contributed by atoms with E-state index in [-0.39, 0.29) is 12.6 Å². The van der Waals surface area contributed by atoms with Gasteiger partial charge in [0.2, 0.25) is 0 Å². The van der Waals surface area contributed by atoms with Crippen LogP contribution in [0.2, 0.25) is 0 Å². The van der Waals surface area contributed by atoms with Gasteiger partial charge in [0.05, 0.1) is 12.6 Å². The minimum atomic E-state index is -0.396. The quantitative estimate of drug-likeness (QED) is 0.832. The summed E-state index contributed by atoms with van der Waals surface area (Å²) >= 11 is 0. The number of carbonyl (C=O) groups is 1. The molecule has 1 aromatic rings. The minimum absolute atomic E-state index is 0.0802. The smallest absolute Gasteiger partial charge is 0.407 e. The van der Waals surface area contributed by atoms with Gasteiger partial charge < -0.3 is 10.1 Å². The standard InChI is InChI=1S/C14H17N3O2/c15-7-9-17-8-6-13(10-17)16-14(18)19-11-12-4-2-1-3-5-12/h1-5,13H,6,8-11H2,(H,16,18)/t13-/m0/s1. The monoisotopic (exact) mass is 259 g/mol. The van der Waals surface area contributed by atoms with Crippen molar-refractivity contribution in [1.82, 2.24) is 10.2 Å². The van der Waals surface area contributed by atoms with E-state index in [2.05, 4.69) is 11.4 Å². The first-order chi connectivity index (χ1) is 9.28. The SMILES string of the molecule is N#CCN1CC[C@H](NC(=O)OCc2ccccc2)C1. The molecular weight excluding hydrogens is 242 g/mol. The molecule has 5 nitrogen and oxygen atoms in total. The van der Waals surface area contributed by atoms with Crippen LogP contribution in [-0.2, 0) is 11.3 Å². The summed E-state index contributed by atoms with van der Waals surface area (Å²) in [6, 6.07) is 11.8. The van der Waals surface area contributed by atoms with Crippen LogP contribution in [0.5, 0.6) is 0 Å². The number of likely N-dealkylation sites (tertiary alicyclic amines) is 1. The molecule has 1 aromatic carbocycles. The second-order valence-corrected chi connectivity index (χ2v) is 4.58. The summed E-state index contributed by atoms with van der Waals surface area (Å²) < 4.78 is 5.15. The van der Waals surface area contributed by atoms with E-state index in [4.69, 9.17) is 10.00 Å². The van der Waals surface area contributed by atoms with Gasteiger partial charge in [0.15, 0.2) is 0 Å². The van der Waals surface area contributed by atoms with Crippen LogP contribution in [0.4, 0.5) is 4.79 Å². The Bertz CT molecular complexity index is 456. The molecule has 1 N–H and O–H groups in total. The molecular formula is C14H17N3O2. The average Bonchev–Trinajstić information content (AvgIpc) is 2.85. The van der Waals surface area contributed by atoms with Gasteiger partial charge in [-0.25, -0.2) is 4.79 Å².